The third kappa shape index (κ3) is 6.73. The van der Waals surface area contributed by atoms with Gasteiger partial charge < -0.3 is 35.7 Å². The summed E-state index contributed by atoms with van der Waals surface area (Å²) in [5, 5.41) is 7.48. The number of ether oxygens (including phenoxy) is 1. The van der Waals surface area contributed by atoms with Crippen LogP contribution in [0.25, 0.3) is 0 Å². The molecule has 0 aliphatic carbocycles. The number of urea groups is 1. The molecule has 2 aromatic carbocycles. The number of amides is 5. The highest BCUT2D eigenvalue weighted by atomic mass is 19.1. The van der Waals surface area contributed by atoms with E-state index in [0.717, 1.165) is 12.1 Å². The zero-order valence-corrected chi connectivity index (χ0v) is 21.4. The van der Waals surface area contributed by atoms with Gasteiger partial charge in [-0.15, -0.1) is 0 Å². The summed E-state index contributed by atoms with van der Waals surface area (Å²) in [6.07, 6.45) is 1.37. The second-order valence-electron chi connectivity index (χ2n) is 9.12. The largest absolute Gasteiger partial charge is 0.497 e. The average Bonchev–Trinajstić information content (AvgIpc) is 3.61. The lowest BCUT2D eigenvalue weighted by Gasteiger charge is -2.25. The Hall–Kier alpha value is -4.94. The third-order valence-corrected chi connectivity index (χ3v) is 6.37. The van der Waals surface area contributed by atoms with E-state index in [2.05, 4.69) is 16.0 Å². The van der Waals surface area contributed by atoms with Gasteiger partial charge in [0.05, 0.1) is 25.1 Å². The van der Waals surface area contributed by atoms with Crippen molar-refractivity contribution in [1.82, 2.24) is 15.5 Å². The maximum Gasteiger partial charge on any atom is 0.319 e. The van der Waals surface area contributed by atoms with E-state index in [0.29, 0.717) is 17.4 Å². The highest BCUT2D eigenvalue weighted by Crippen LogP contribution is 2.23. The van der Waals surface area contributed by atoms with Crippen LogP contribution in [0.2, 0.25) is 0 Å². The maximum absolute atomic E-state index is 14.0. The van der Waals surface area contributed by atoms with Crippen molar-refractivity contribution < 1.29 is 37.1 Å². The zero-order valence-electron chi connectivity index (χ0n) is 21.4. The molecular weight excluding hydrogens is 528 g/mol. The van der Waals surface area contributed by atoms with Crippen LogP contribution in [0, 0.1) is 11.6 Å². The normalized spacial score (nSPS) is 17.1. The number of benzene rings is 2. The number of nitrogens with one attached hydrogen (secondary N) is 3. The first-order valence-corrected chi connectivity index (χ1v) is 12.2. The van der Waals surface area contributed by atoms with Gasteiger partial charge in [0.1, 0.15) is 29.5 Å². The SMILES string of the molecule is COc1ccc(CC(NC(=O)C2CC(NC(=O)Nc3ccc(F)cc3F)CN2C(=O)c2ccco2)C(N)=O)cc1. The maximum atomic E-state index is 14.0. The number of primary amides is 1. The van der Waals surface area contributed by atoms with Gasteiger partial charge in [-0.2, -0.15) is 0 Å². The molecular formula is C27H27F2N5O6. The topological polar surface area (TPSA) is 156 Å². The number of methoxy groups -OCH3 is 1. The Balaban J connectivity index is 1.47. The molecule has 5 amide bonds. The van der Waals surface area contributed by atoms with Crippen molar-refractivity contribution in [3.05, 3.63) is 83.8 Å². The molecule has 1 aliphatic rings. The number of nitrogens with zero attached hydrogens (tertiary/aromatic N) is 1. The first kappa shape index (κ1) is 28.1. The molecule has 5 N–H and O–H groups in total. The highest BCUT2D eigenvalue weighted by Gasteiger charge is 2.42. The predicted molar refractivity (Wildman–Crippen MR) is 138 cm³/mol. The number of carbonyl (C=O) groups excluding carboxylic acids is 4. The van der Waals surface area contributed by atoms with E-state index < -0.39 is 53.5 Å². The molecule has 210 valence electrons. The van der Waals surface area contributed by atoms with E-state index in [1.807, 2.05) is 0 Å². The lowest BCUT2D eigenvalue weighted by molar-refractivity contribution is -0.129. The molecule has 3 aromatic rings. The van der Waals surface area contributed by atoms with Gasteiger partial charge in [0.25, 0.3) is 5.91 Å². The van der Waals surface area contributed by atoms with Crippen LogP contribution in [0.1, 0.15) is 22.5 Å². The molecule has 0 spiro atoms. The minimum Gasteiger partial charge on any atom is -0.497 e. The Bertz CT molecular complexity index is 1380. The average molecular weight is 556 g/mol. The van der Waals surface area contributed by atoms with Crippen molar-refractivity contribution in [2.45, 2.75) is 31.0 Å². The lowest BCUT2D eigenvalue weighted by Crippen LogP contribution is -2.53. The van der Waals surface area contributed by atoms with Crippen molar-refractivity contribution in [2.75, 3.05) is 19.0 Å². The fourth-order valence-electron chi connectivity index (χ4n) is 4.38. The van der Waals surface area contributed by atoms with Gasteiger partial charge in [0.15, 0.2) is 5.76 Å². The van der Waals surface area contributed by atoms with Crippen LogP contribution in [0.4, 0.5) is 19.3 Å². The number of furan rings is 1. The summed E-state index contributed by atoms with van der Waals surface area (Å²) in [5.74, 6) is -3.23. The summed E-state index contributed by atoms with van der Waals surface area (Å²) < 4.78 is 37.4. The molecule has 4 rings (SSSR count). The molecule has 11 nitrogen and oxygen atoms in total. The van der Waals surface area contributed by atoms with Gasteiger partial charge in [-0.3, -0.25) is 14.4 Å². The van der Waals surface area contributed by atoms with E-state index in [1.54, 1.807) is 24.3 Å². The molecule has 2 heterocycles. The molecule has 3 unspecified atom stereocenters. The molecule has 1 aromatic heterocycles. The summed E-state index contributed by atoms with van der Waals surface area (Å²) in [4.78, 5) is 52.4. The lowest BCUT2D eigenvalue weighted by atomic mass is 10.0. The summed E-state index contributed by atoms with van der Waals surface area (Å²) >= 11 is 0. The van der Waals surface area contributed by atoms with Gasteiger partial charge in [0.2, 0.25) is 11.8 Å². The number of anilines is 1. The van der Waals surface area contributed by atoms with Crippen LogP contribution in [-0.2, 0) is 16.0 Å². The predicted octanol–water partition coefficient (Wildman–Crippen LogP) is 2.18. The van der Waals surface area contributed by atoms with Crippen molar-refractivity contribution in [1.29, 1.82) is 0 Å². The van der Waals surface area contributed by atoms with Crippen molar-refractivity contribution in [3.8, 4) is 5.75 Å². The highest BCUT2D eigenvalue weighted by molar-refractivity contribution is 5.97. The third-order valence-electron chi connectivity index (χ3n) is 6.37. The Morgan fingerprint density at radius 3 is 2.50 bits per heavy atom. The van der Waals surface area contributed by atoms with Crippen LogP contribution in [0.15, 0.2) is 65.3 Å². The summed E-state index contributed by atoms with van der Waals surface area (Å²) in [7, 11) is 1.52. The number of hydrogen-bond acceptors (Lipinski definition) is 6. The molecule has 1 saturated heterocycles. The summed E-state index contributed by atoms with van der Waals surface area (Å²) in [5.41, 5.74) is 6.01. The molecule has 0 bridgehead atoms. The van der Waals surface area contributed by atoms with Crippen molar-refractivity contribution >= 4 is 29.4 Å². The number of carbonyl (C=O) groups is 4. The molecule has 0 radical (unpaired) electrons. The van der Waals surface area contributed by atoms with E-state index in [-0.39, 0.29) is 30.8 Å². The fourth-order valence-corrected chi connectivity index (χ4v) is 4.38. The smallest absolute Gasteiger partial charge is 0.319 e. The van der Waals surface area contributed by atoms with Crippen LogP contribution in [0.5, 0.6) is 5.75 Å². The molecule has 1 aliphatic heterocycles. The quantitative estimate of drug-likeness (QED) is 0.317. The standard InChI is InChI=1S/C27H27F2N5O6/c1-39-18-7-4-15(5-8-18)11-21(24(30)35)32-25(36)22-13-17(14-34(22)26(37)23-3-2-10-40-23)31-27(38)33-20-9-6-16(28)12-19(20)29/h2-10,12,17,21-22H,11,13-14H2,1H3,(H2,30,35)(H,32,36)(H2,31,33,38). The second kappa shape index (κ2) is 12.3. The van der Waals surface area contributed by atoms with Crippen LogP contribution in [0.3, 0.4) is 0 Å². The minimum atomic E-state index is -1.09. The Morgan fingerprint density at radius 2 is 1.88 bits per heavy atom. The summed E-state index contributed by atoms with van der Waals surface area (Å²) in [6.45, 7) is -0.0866. The zero-order chi connectivity index (χ0) is 28.8. The van der Waals surface area contributed by atoms with Crippen LogP contribution in [-0.4, -0.2) is 60.4 Å². The van der Waals surface area contributed by atoms with Gasteiger partial charge in [-0.05, 0) is 48.4 Å². The Morgan fingerprint density at radius 1 is 1.12 bits per heavy atom. The summed E-state index contributed by atoms with van der Waals surface area (Å²) in [6, 6.07) is 8.74. The van der Waals surface area contributed by atoms with E-state index >= 15 is 0 Å². The molecule has 1 fully saturated rings. The monoisotopic (exact) mass is 555 g/mol. The van der Waals surface area contributed by atoms with E-state index in [1.165, 1.54) is 30.4 Å². The number of likely N-dealkylation sites (tertiary alicyclic amines) is 1. The number of halogens is 2. The first-order valence-electron chi connectivity index (χ1n) is 12.2. The van der Waals surface area contributed by atoms with Gasteiger partial charge in [0, 0.05) is 19.0 Å². The number of rotatable bonds is 9. The molecule has 0 saturated carbocycles. The van der Waals surface area contributed by atoms with Gasteiger partial charge in [-0.25, -0.2) is 13.6 Å². The van der Waals surface area contributed by atoms with Crippen LogP contribution < -0.4 is 26.4 Å². The van der Waals surface area contributed by atoms with Gasteiger partial charge >= 0.3 is 6.03 Å². The Labute approximate surface area is 227 Å². The molecule has 13 heteroatoms. The van der Waals surface area contributed by atoms with E-state index in [9.17, 15) is 28.0 Å². The number of nitrogens with two attached hydrogens (primary N) is 1. The molecule has 40 heavy (non-hydrogen) atoms. The second-order valence-corrected chi connectivity index (χ2v) is 9.12. The first-order chi connectivity index (χ1) is 19.1. The Kier molecular flexibility index (Phi) is 8.62. The molecule has 3 atom stereocenters. The van der Waals surface area contributed by atoms with E-state index in [4.69, 9.17) is 14.9 Å². The van der Waals surface area contributed by atoms with Crippen molar-refractivity contribution in [2.24, 2.45) is 5.73 Å². The van der Waals surface area contributed by atoms with Gasteiger partial charge in [-0.1, -0.05) is 12.1 Å². The van der Waals surface area contributed by atoms with Crippen molar-refractivity contribution in [3.63, 3.8) is 0 Å². The fraction of sp³-hybridized carbons (Fsp3) is 0.259. The van der Waals surface area contributed by atoms with Crippen LogP contribution >= 0.6 is 0 Å². The number of hydrogen-bond donors (Lipinski definition) is 4. The minimum absolute atomic E-state index is 0.0222.